The SMILES string of the molecule is O=C(CC1CCCCC1)NCc1ccc(C(=O)O)s1. The van der Waals surface area contributed by atoms with Crippen LogP contribution in [0.4, 0.5) is 0 Å². The number of carbonyl (C=O) groups is 2. The van der Waals surface area contributed by atoms with Crippen molar-refractivity contribution < 1.29 is 14.7 Å². The lowest BCUT2D eigenvalue weighted by atomic mass is 9.87. The van der Waals surface area contributed by atoms with Crippen LogP contribution in [0.5, 0.6) is 0 Å². The standard InChI is InChI=1S/C14H19NO3S/c16-13(8-10-4-2-1-3-5-10)15-9-11-6-7-12(19-11)14(17)18/h6-7,10H,1-5,8-9H2,(H,15,16)(H,17,18). The maximum absolute atomic E-state index is 11.8. The van der Waals surface area contributed by atoms with Crippen LogP contribution in [0, 0.1) is 5.92 Å². The molecule has 0 bridgehead atoms. The fraction of sp³-hybridized carbons (Fsp3) is 0.571. The van der Waals surface area contributed by atoms with E-state index in [-0.39, 0.29) is 5.91 Å². The van der Waals surface area contributed by atoms with E-state index in [1.807, 2.05) is 0 Å². The fourth-order valence-corrected chi connectivity index (χ4v) is 3.29. The molecule has 0 atom stereocenters. The van der Waals surface area contributed by atoms with Gasteiger partial charge >= 0.3 is 5.97 Å². The zero-order chi connectivity index (χ0) is 13.7. The molecule has 104 valence electrons. The second-order valence-corrected chi connectivity index (χ2v) is 6.22. The Morgan fingerprint density at radius 3 is 2.63 bits per heavy atom. The lowest BCUT2D eigenvalue weighted by Gasteiger charge is -2.20. The predicted molar refractivity (Wildman–Crippen MR) is 74.3 cm³/mol. The highest BCUT2D eigenvalue weighted by atomic mass is 32.1. The van der Waals surface area contributed by atoms with Gasteiger partial charge in [-0.25, -0.2) is 4.79 Å². The van der Waals surface area contributed by atoms with Crippen molar-refractivity contribution in [3.63, 3.8) is 0 Å². The van der Waals surface area contributed by atoms with Crippen molar-refractivity contribution in [1.29, 1.82) is 0 Å². The van der Waals surface area contributed by atoms with Gasteiger partial charge in [-0.1, -0.05) is 19.3 Å². The van der Waals surface area contributed by atoms with Crippen LogP contribution in [-0.2, 0) is 11.3 Å². The Kier molecular flexibility index (Phi) is 4.96. The molecular weight excluding hydrogens is 262 g/mol. The molecule has 1 aromatic heterocycles. The molecule has 0 radical (unpaired) electrons. The van der Waals surface area contributed by atoms with E-state index in [0.717, 1.165) is 17.7 Å². The number of amides is 1. The molecule has 4 nitrogen and oxygen atoms in total. The Morgan fingerprint density at radius 2 is 2.00 bits per heavy atom. The van der Waals surface area contributed by atoms with Crippen LogP contribution in [0.1, 0.15) is 53.1 Å². The van der Waals surface area contributed by atoms with Gasteiger partial charge in [0.25, 0.3) is 0 Å². The number of nitrogens with one attached hydrogen (secondary N) is 1. The summed E-state index contributed by atoms with van der Waals surface area (Å²) in [6, 6.07) is 3.34. The maximum Gasteiger partial charge on any atom is 0.345 e. The number of carboxylic acids is 1. The number of hydrogen-bond donors (Lipinski definition) is 2. The molecule has 0 unspecified atom stereocenters. The van der Waals surface area contributed by atoms with E-state index in [9.17, 15) is 9.59 Å². The van der Waals surface area contributed by atoms with E-state index in [1.165, 1.54) is 30.6 Å². The number of aromatic carboxylic acids is 1. The molecule has 2 N–H and O–H groups in total. The van der Waals surface area contributed by atoms with E-state index in [1.54, 1.807) is 12.1 Å². The monoisotopic (exact) mass is 281 g/mol. The first-order valence-corrected chi connectivity index (χ1v) is 7.55. The van der Waals surface area contributed by atoms with Gasteiger partial charge in [0.1, 0.15) is 4.88 Å². The van der Waals surface area contributed by atoms with E-state index in [4.69, 9.17) is 5.11 Å². The first kappa shape index (κ1) is 14.1. The summed E-state index contributed by atoms with van der Waals surface area (Å²) in [7, 11) is 0. The zero-order valence-electron chi connectivity index (χ0n) is 10.9. The molecule has 0 aliphatic heterocycles. The summed E-state index contributed by atoms with van der Waals surface area (Å²) >= 11 is 1.21. The molecule has 19 heavy (non-hydrogen) atoms. The summed E-state index contributed by atoms with van der Waals surface area (Å²) in [6.45, 7) is 0.434. The van der Waals surface area contributed by atoms with Gasteiger partial charge in [0.2, 0.25) is 5.91 Å². The Hall–Kier alpha value is -1.36. The van der Waals surface area contributed by atoms with Gasteiger partial charge < -0.3 is 10.4 Å². The van der Waals surface area contributed by atoms with Crippen molar-refractivity contribution in [3.8, 4) is 0 Å². The largest absolute Gasteiger partial charge is 0.477 e. The normalized spacial score (nSPS) is 16.2. The average molecular weight is 281 g/mol. The quantitative estimate of drug-likeness (QED) is 0.871. The van der Waals surface area contributed by atoms with Crippen LogP contribution >= 0.6 is 11.3 Å². The second kappa shape index (κ2) is 6.70. The molecule has 0 saturated heterocycles. The first-order chi connectivity index (χ1) is 9.15. The Balaban J connectivity index is 1.74. The Bertz CT molecular complexity index is 449. The molecule has 0 spiro atoms. The lowest BCUT2D eigenvalue weighted by Crippen LogP contribution is -2.25. The second-order valence-electron chi connectivity index (χ2n) is 5.06. The van der Waals surface area contributed by atoms with Crippen molar-refractivity contribution in [2.45, 2.75) is 45.1 Å². The minimum atomic E-state index is -0.912. The molecular formula is C14H19NO3S. The highest BCUT2D eigenvalue weighted by Crippen LogP contribution is 2.26. The van der Waals surface area contributed by atoms with Crippen LogP contribution in [0.3, 0.4) is 0 Å². The third-order valence-electron chi connectivity index (χ3n) is 3.53. The molecule has 1 aromatic rings. The van der Waals surface area contributed by atoms with E-state index in [2.05, 4.69) is 5.32 Å². The van der Waals surface area contributed by atoms with Crippen molar-refractivity contribution in [2.24, 2.45) is 5.92 Å². The predicted octanol–water partition coefficient (Wildman–Crippen LogP) is 3.03. The van der Waals surface area contributed by atoms with Gasteiger partial charge in [-0.05, 0) is 30.9 Å². The summed E-state index contributed by atoms with van der Waals surface area (Å²) in [5, 5.41) is 11.7. The minimum absolute atomic E-state index is 0.0807. The van der Waals surface area contributed by atoms with E-state index in [0.29, 0.717) is 23.8 Å². The minimum Gasteiger partial charge on any atom is -0.477 e. The smallest absolute Gasteiger partial charge is 0.345 e. The van der Waals surface area contributed by atoms with Gasteiger partial charge in [0.05, 0.1) is 6.54 Å². The summed E-state index contributed by atoms with van der Waals surface area (Å²) in [6.07, 6.45) is 6.71. The average Bonchev–Trinajstić information content (AvgIpc) is 2.86. The van der Waals surface area contributed by atoms with Gasteiger partial charge in [-0.3, -0.25) is 4.79 Å². The van der Waals surface area contributed by atoms with Crippen molar-refractivity contribution in [1.82, 2.24) is 5.32 Å². The highest BCUT2D eigenvalue weighted by Gasteiger charge is 2.17. The number of rotatable bonds is 5. The molecule has 5 heteroatoms. The van der Waals surface area contributed by atoms with Crippen molar-refractivity contribution >= 4 is 23.2 Å². The van der Waals surface area contributed by atoms with Gasteiger partial charge in [0.15, 0.2) is 0 Å². The molecule has 1 aliphatic carbocycles. The number of carboxylic acid groups (broad SMARTS) is 1. The van der Waals surface area contributed by atoms with E-state index < -0.39 is 5.97 Å². The summed E-state index contributed by atoms with van der Waals surface area (Å²) in [4.78, 5) is 23.7. The molecule has 1 amide bonds. The number of carbonyl (C=O) groups excluding carboxylic acids is 1. The fourth-order valence-electron chi connectivity index (χ4n) is 2.50. The molecule has 2 rings (SSSR count). The van der Waals surface area contributed by atoms with Gasteiger partial charge in [-0.2, -0.15) is 0 Å². The third kappa shape index (κ3) is 4.35. The first-order valence-electron chi connectivity index (χ1n) is 6.74. The maximum atomic E-state index is 11.8. The highest BCUT2D eigenvalue weighted by molar-refractivity contribution is 7.13. The summed E-state index contributed by atoms with van der Waals surface area (Å²) in [5.41, 5.74) is 0. The van der Waals surface area contributed by atoms with Crippen molar-refractivity contribution in [2.75, 3.05) is 0 Å². The number of hydrogen-bond acceptors (Lipinski definition) is 3. The van der Waals surface area contributed by atoms with Crippen LogP contribution in [0.2, 0.25) is 0 Å². The van der Waals surface area contributed by atoms with Crippen LogP contribution < -0.4 is 5.32 Å². The van der Waals surface area contributed by atoms with E-state index >= 15 is 0 Å². The summed E-state index contributed by atoms with van der Waals surface area (Å²) < 4.78 is 0. The van der Waals surface area contributed by atoms with Crippen LogP contribution in [0.15, 0.2) is 12.1 Å². The lowest BCUT2D eigenvalue weighted by molar-refractivity contribution is -0.122. The van der Waals surface area contributed by atoms with Crippen LogP contribution in [-0.4, -0.2) is 17.0 Å². The number of thiophene rings is 1. The van der Waals surface area contributed by atoms with Gasteiger partial charge in [0, 0.05) is 11.3 Å². The molecule has 1 aliphatic rings. The zero-order valence-corrected chi connectivity index (χ0v) is 11.7. The van der Waals surface area contributed by atoms with Crippen LogP contribution in [0.25, 0.3) is 0 Å². The molecule has 1 heterocycles. The third-order valence-corrected chi connectivity index (χ3v) is 4.60. The summed E-state index contributed by atoms with van der Waals surface area (Å²) in [5.74, 6) is -0.298. The molecule has 1 saturated carbocycles. The molecule has 1 fully saturated rings. The Morgan fingerprint density at radius 1 is 1.26 bits per heavy atom. The van der Waals surface area contributed by atoms with Gasteiger partial charge in [-0.15, -0.1) is 11.3 Å². The van der Waals surface area contributed by atoms with Crippen molar-refractivity contribution in [3.05, 3.63) is 21.9 Å². The Labute approximate surface area is 116 Å². The molecule has 0 aromatic carbocycles. The topological polar surface area (TPSA) is 66.4 Å².